The maximum atomic E-state index is 2.42. The van der Waals surface area contributed by atoms with Crippen LogP contribution >= 0.6 is 23.5 Å². The van der Waals surface area contributed by atoms with Gasteiger partial charge in [-0.05, 0) is 23.3 Å². The summed E-state index contributed by atoms with van der Waals surface area (Å²) in [7, 11) is 0. The standard InChI is InChI=1S/C8H14S2/c1-8(2)5-10-6-3-4-9-7(6)8/h6-7H,3-5H2,1-2H3. The van der Waals surface area contributed by atoms with Gasteiger partial charge in [-0.25, -0.2) is 0 Å². The topological polar surface area (TPSA) is 0 Å². The van der Waals surface area contributed by atoms with Crippen LogP contribution in [0.4, 0.5) is 0 Å². The zero-order chi connectivity index (χ0) is 7.19. The van der Waals surface area contributed by atoms with Crippen LogP contribution in [0.1, 0.15) is 20.3 Å². The Labute approximate surface area is 71.5 Å². The van der Waals surface area contributed by atoms with E-state index in [1.54, 1.807) is 0 Å². The van der Waals surface area contributed by atoms with Crippen LogP contribution < -0.4 is 0 Å². The molecule has 0 saturated carbocycles. The zero-order valence-corrected chi connectivity index (χ0v) is 8.23. The Bertz CT molecular complexity index is 142. The lowest BCUT2D eigenvalue weighted by atomic mass is 9.89. The van der Waals surface area contributed by atoms with Gasteiger partial charge in [0, 0.05) is 10.5 Å². The summed E-state index contributed by atoms with van der Waals surface area (Å²) in [6.45, 7) is 4.84. The van der Waals surface area contributed by atoms with E-state index in [-0.39, 0.29) is 0 Å². The van der Waals surface area contributed by atoms with Gasteiger partial charge >= 0.3 is 0 Å². The SMILES string of the molecule is CC1(C)CSC2CCSC21. The highest BCUT2D eigenvalue weighted by Gasteiger charge is 2.45. The summed E-state index contributed by atoms with van der Waals surface area (Å²) in [4.78, 5) is 0. The molecule has 0 aromatic rings. The molecule has 0 amide bonds. The fraction of sp³-hybridized carbons (Fsp3) is 1.00. The molecule has 0 nitrogen and oxygen atoms in total. The van der Waals surface area contributed by atoms with Crippen molar-refractivity contribution in [3.05, 3.63) is 0 Å². The minimum Gasteiger partial charge on any atom is -0.157 e. The highest BCUT2D eigenvalue weighted by Crippen LogP contribution is 2.52. The van der Waals surface area contributed by atoms with Gasteiger partial charge in [-0.2, -0.15) is 23.5 Å². The van der Waals surface area contributed by atoms with E-state index in [0.717, 1.165) is 10.5 Å². The summed E-state index contributed by atoms with van der Waals surface area (Å²) >= 11 is 4.40. The highest BCUT2D eigenvalue weighted by atomic mass is 32.2. The quantitative estimate of drug-likeness (QED) is 0.554. The van der Waals surface area contributed by atoms with Crippen molar-refractivity contribution in [2.24, 2.45) is 5.41 Å². The molecule has 0 aromatic heterocycles. The van der Waals surface area contributed by atoms with Crippen LogP contribution in [-0.4, -0.2) is 22.0 Å². The third kappa shape index (κ3) is 1.00. The molecule has 0 spiro atoms. The van der Waals surface area contributed by atoms with Crippen molar-refractivity contribution >= 4 is 23.5 Å². The molecule has 2 unspecified atom stereocenters. The van der Waals surface area contributed by atoms with Crippen LogP contribution in [-0.2, 0) is 0 Å². The average molecular weight is 174 g/mol. The first-order valence-electron chi connectivity index (χ1n) is 3.93. The van der Waals surface area contributed by atoms with E-state index in [2.05, 4.69) is 37.4 Å². The Morgan fingerprint density at radius 2 is 2.10 bits per heavy atom. The van der Waals surface area contributed by atoms with Crippen molar-refractivity contribution in [2.45, 2.75) is 30.8 Å². The molecule has 2 aliphatic heterocycles. The predicted octanol–water partition coefficient (Wildman–Crippen LogP) is 2.63. The highest BCUT2D eigenvalue weighted by molar-refractivity contribution is 8.05. The molecule has 0 bridgehead atoms. The molecular weight excluding hydrogens is 160 g/mol. The molecule has 58 valence electrons. The van der Waals surface area contributed by atoms with Crippen molar-refractivity contribution in [1.82, 2.24) is 0 Å². The van der Waals surface area contributed by atoms with Crippen LogP contribution in [0.3, 0.4) is 0 Å². The fourth-order valence-corrected chi connectivity index (χ4v) is 5.78. The number of hydrogen-bond acceptors (Lipinski definition) is 2. The van der Waals surface area contributed by atoms with Gasteiger partial charge in [-0.15, -0.1) is 0 Å². The summed E-state index contributed by atoms with van der Waals surface area (Å²) in [5, 5.41) is 1.97. The molecule has 2 aliphatic rings. The van der Waals surface area contributed by atoms with Gasteiger partial charge in [0.05, 0.1) is 0 Å². The van der Waals surface area contributed by atoms with E-state index >= 15 is 0 Å². The monoisotopic (exact) mass is 174 g/mol. The molecule has 0 aliphatic carbocycles. The van der Waals surface area contributed by atoms with Crippen molar-refractivity contribution in [1.29, 1.82) is 0 Å². The molecule has 2 atom stereocenters. The van der Waals surface area contributed by atoms with Crippen molar-refractivity contribution < 1.29 is 0 Å². The van der Waals surface area contributed by atoms with Gasteiger partial charge in [0.15, 0.2) is 0 Å². The molecule has 0 aromatic carbocycles. The van der Waals surface area contributed by atoms with E-state index in [9.17, 15) is 0 Å². The number of hydrogen-bond donors (Lipinski definition) is 0. The molecule has 2 heteroatoms. The maximum Gasteiger partial charge on any atom is 0.0225 e. The van der Waals surface area contributed by atoms with Gasteiger partial charge in [-0.1, -0.05) is 13.8 Å². The van der Waals surface area contributed by atoms with Crippen LogP contribution in [0.15, 0.2) is 0 Å². The number of thioether (sulfide) groups is 2. The van der Waals surface area contributed by atoms with Gasteiger partial charge in [0.2, 0.25) is 0 Å². The Morgan fingerprint density at radius 3 is 2.80 bits per heavy atom. The summed E-state index contributed by atoms with van der Waals surface area (Å²) in [6, 6.07) is 0. The lowest BCUT2D eigenvalue weighted by Crippen LogP contribution is -2.25. The fourth-order valence-electron chi connectivity index (χ4n) is 1.87. The molecule has 0 radical (unpaired) electrons. The Hall–Kier alpha value is 0.700. The first-order valence-corrected chi connectivity index (χ1v) is 6.03. The zero-order valence-electron chi connectivity index (χ0n) is 6.59. The molecule has 2 heterocycles. The Balaban J connectivity index is 2.16. The van der Waals surface area contributed by atoms with E-state index in [1.807, 2.05) is 0 Å². The molecule has 2 fully saturated rings. The first-order chi connectivity index (χ1) is 4.70. The summed E-state index contributed by atoms with van der Waals surface area (Å²) in [5.41, 5.74) is 0.622. The van der Waals surface area contributed by atoms with E-state index < -0.39 is 0 Å². The summed E-state index contributed by atoms with van der Waals surface area (Å²) in [6.07, 6.45) is 1.46. The second-order valence-electron chi connectivity index (χ2n) is 3.92. The maximum absolute atomic E-state index is 2.42. The van der Waals surface area contributed by atoms with Crippen molar-refractivity contribution in [2.75, 3.05) is 11.5 Å². The summed E-state index contributed by atoms with van der Waals surface area (Å²) < 4.78 is 0. The Morgan fingerprint density at radius 1 is 1.30 bits per heavy atom. The first kappa shape index (κ1) is 7.35. The molecule has 2 saturated heterocycles. The number of rotatable bonds is 0. The van der Waals surface area contributed by atoms with Crippen molar-refractivity contribution in [3.8, 4) is 0 Å². The predicted molar refractivity (Wildman–Crippen MR) is 50.9 cm³/mol. The summed E-state index contributed by atoms with van der Waals surface area (Å²) in [5.74, 6) is 2.79. The van der Waals surface area contributed by atoms with Crippen LogP contribution in [0.25, 0.3) is 0 Å². The minimum atomic E-state index is 0.622. The van der Waals surface area contributed by atoms with E-state index in [0.29, 0.717) is 5.41 Å². The van der Waals surface area contributed by atoms with Gasteiger partial charge in [-0.3, -0.25) is 0 Å². The molecule has 2 rings (SSSR count). The van der Waals surface area contributed by atoms with Crippen molar-refractivity contribution in [3.63, 3.8) is 0 Å². The Kier molecular flexibility index (Phi) is 1.72. The van der Waals surface area contributed by atoms with Gasteiger partial charge in [0.25, 0.3) is 0 Å². The minimum absolute atomic E-state index is 0.622. The van der Waals surface area contributed by atoms with Crippen LogP contribution in [0.2, 0.25) is 0 Å². The molecular formula is C8H14S2. The third-order valence-corrected chi connectivity index (χ3v) is 6.29. The number of fused-ring (bicyclic) bond motifs is 1. The largest absolute Gasteiger partial charge is 0.157 e. The normalized spacial score (nSPS) is 43.8. The third-order valence-electron chi connectivity index (χ3n) is 2.48. The van der Waals surface area contributed by atoms with Gasteiger partial charge < -0.3 is 0 Å². The van der Waals surface area contributed by atoms with E-state index in [1.165, 1.54) is 17.9 Å². The second kappa shape index (κ2) is 2.34. The van der Waals surface area contributed by atoms with Gasteiger partial charge in [0.1, 0.15) is 0 Å². The van der Waals surface area contributed by atoms with E-state index in [4.69, 9.17) is 0 Å². The van der Waals surface area contributed by atoms with Crippen LogP contribution in [0, 0.1) is 5.41 Å². The molecule has 0 N–H and O–H groups in total. The average Bonchev–Trinajstić information content (AvgIpc) is 2.36. The van der Waals surface area contributed by atoms with Crippen LogP contribution in [0.5, 0.6) is 0 Å². The smallest absolute Gasteiger partial charge is 0.0225 e. The molecule has 10 heavy (non-hydrogen) atoms. The second-order valence-corrected chi connectivity index (χ2v) is 6.40. The lowest BCUT2D eigenvalue weighted by molar-refractivity contribution is 0.423. The lowest BCUT2D eigenvalue weighted by Gasteiger charge is -2.23.